The van der Waals surface area contributed by atoms with Crippen LogP contribution in [0.25, 0.3) is 11.0 Å². The summed E-state index contributed by atoms with van der Waals surface area (Å²) in [5.74, 6) is 1.42. The second kappa shape index (κ2) is 8.98. The van der Waals surface area contributed by atoms with Crippen LogP contribution in [-0.4, -0.2) is 25.9 Å². The van der Waals surface area contributed by atoms with Gasteiger partial charge in [-0.3, -0.25) is 0 Å². The van der Waals surface area contributed by atoms with Crippen LogP contribution in [0.3, 0.4) is 0 Å². The van der Waals surface area contributed by atoms with Crippen molar-refractivity contribution in [3.63, 3.8) is 0 Å². The van der Waals surface area contributed by atoms with Crippen molar-refractivity contribution in [2.75, 3.05) is 20.8 Å². The lowest BCUT2D eigenvalue weighted by Gasteiger charge is -2.14. The van der Waals surface area contributed by atoms with E-state index >= 15 is 0 Å². The van der Waals surface area contributed by atoms with Crippen molar-refractivity contribution in [1.29, 1.82) is 0 Å². The van der Waals surface area contributed by atoms with Crippen molar-refractivity contribution in [1.82, 2.24) is 0 Å². The first-order valence-electron chi connectivity index (χ1n) is 8.39. The highest BCUT2D eigenvalue weighted by molar-refractivity contribution is 5.91. The maximum Gasteiger partial charge on any atom is 0.336 e. The third-order valence-corrected chi connectivity index (χ3v) is 3.94. The Labute approximate surface area is 158 Å². The predicted octanol–water partition coefficient (Wildman–Crippen LogP) is 4.54. The minimum atomic E-state index is -0.491. The van der Waals surface area contributed by atoms with Gasteiger partial charge in [0, 0.05) is 12.1 Å². The number of hydrogen-bond donors (Lipinski definition) is 1. The van der Waals surface area contributed by atoms with Gasteiger partial charge in [0.25, 0.3) is 0 Å². The number of aliphatic hydroxyl groups is 1. The number of benzene rings is 1. The van der Waals surface area contributed by atoms with Crippen LogP contribution in [0.1, 0.15) is 20.3 Å². The van der Waals surface area contributed by atoms with E-state index in [1.54, 1.807) is 25.1 Å². The highest BCUT2D eigenvalue weighted by Crippen LogP contribution is 2.40. The Morgan fingerprint density at radius 3 is 2.52 bits per heavy atom. The molecule has 2 rings (SSSR count). The first-order valence-corrected chi connectivity index (χ1v) is 8.39. The van der Waals surface area contributed by atoms with E-state index in [9.17, 15) is 9.90 Å². The summed E-state index contributed by atoms with van der Waals surface area (Å²) >= 11 is 0. The summed E-state index contributed by atoms with van der Waals surface area (Å²) in [4.78, 5) is 11.7. The molecule has 1 aromatic heterocycles. The SMILES string of the molecule is C=C(C)/C(O)=C/C/C(C)=C/COc1c(OC)cc(OC)c2ccc(=O)oc12. The first-order chi connectivity index (χ1) is 12.9. The summed E-state index contributed by atoms with van der Waals surface area (Å²) in [5, 5.41) is 10.3. The zero-order valence-electron chi connectivity index (χ0n) is 16.0. The summed E-state index contributed by atoms with van der Waals surface area (Å²) in [6, 6.07) is 4.63. The molecule has 1 heterocycles. The van der Waals surface area contributed by atoms with Crippen LogP contribution >= 0.6 is 0 Å². The van der Waals surface area contributed by atoms with Crippen molar-refractivity contribution >= 4 is 11.0 Å². The quantitative estimate of drug-likeness (QED) is 0.317. The third kappa shape index (κ3) is 4.94. The Morgan fingerprint density at radius 2 is 1.89 bits per heavy atom. The number of aliphatic hydroxyl groups excluding tert-OH is 1. The van der Waals surface area contributed by atoms with Crippen LogP contribution in [0.15, 0.2) is 63.0 Å². The van der Waals surface area contributed by atoms with Crippen molar-refractivity contribution < 1.29 is 23.7 Å². The highest BCUT2D eigenvalue weighted by Gasteiger charge is 2.17. The summed E-state index contributed by atoms with van der Waals surface area (Å²) in [5.41, 5.74) is 1.39. The molecule has 0 bridgehead atoms. The molecule has 27 heavy (non-hydrogen) atoms. The van der Waals surface area contributed by atoms with Gasteiger partial charge in [0.1, 0.15) is 18.1 Å². The molecule has 2 aromatic rings. The van der Waals surface area contributed by atoms with Gasteiger partial charge in [-0.1, -0.05) is 12.2 Å². The van der Waals surface area contributed by atoms with E-state index in [0.29, 0.717) is 34.6 Å². The normalized spacial score (nSPS) is 12.1. The Balaban J connectivity index is 2.29. The lowest BCUT2D eigenvalue weighted by Crippen LogP contribution is -2.02. The molecule has 0 aliphatic rings. The highest BCUT2D eigenvalue weighted by atomic mass is 16.5. The molecule has 0 atom stereocenters. The van der Waals surface area contributed by atoms with Crippen molar-refractivity contribution in [3.05, 3.63) is 64.3 Å². The molecular formula is C21H24O6. The van der Waals surface area contributed by atoms with Crippen LogP contribution in [0.4, 0.5) is 0 Å². The van der Waals surface area contributed by atoms with E-state index in [-0.39, 0.29) is 17.9 Å². The lowest BCUT2D eigenvalue weighted by molar-refractivity contribution is 0.320. The van der Waals surface area contributed by atoms with Gasteiger partial charge in [0.2, 0.25) is 5.75 Å². The van der Waals surface area contributed by atoms with E-state index in [1.807, 2.05) is 13.0 Å². The summed E-state index contributed by atoms with van der Waals surface area (Å²) < 4.78 is 21.9. The molecule has 1 aromatic carbocycles. The number of hydrogen-bond acceptors (Lipinski definition) is 6. The minimum absolute atomic E-state index is 0.174. The average Bonchev–Trinajstić information content (AvgIpc) is 2.65. The third-order valence-electron chi connectivity index (χ3n) is 3.94. The van der Waals surface area contributed by atoms with E-state index in [1.165, 1.54) is 20.3 Å². The Morgan fingerprint density at radius 1 is 1.19 bits per heavy atom. The fourth-order valence-corrected chi connectivity index (χ4v) is 2.39. The molecule has 0 saturated carbocycles. The van der Waals surface area contributed by atoms with Gasteiger partial charge in [-0.25, -0.2) is 4.79 Å². The zero-order valence-corrected chi connectivity index (χ0v) is 16.0. The van der Waals surface area contributed by atoms with Crippen LogP contribution < -0.4 is 19.8 Å². The molecule has 0 aliphatic carbocycles. The first kappa shape index (κ1) is 20.2. The standard InChI is InChI=1S/C21H24O6/c1-13(2)16(22)8-6-14(3)10-11-26-21-18(25-5)12-17(24-4)15-7-9-19(23)27-20(15)21/h7-10,12,22H,1,6,11H2,2-5H3/b14-10+,16-8-. The fraction of sp³-hybridized carbons (Fsp3) is 0.286. The molecule has 0 unspecified atom stereocenters. The van der Waals surface area contributed by atoms with Gasteiger partial charge in [-0.2, -0.15) is 0 Å². The van der Waals surface area contributed by atoms with E-state index in [0.717, 1.165) is 5.57 Å². The zero-order chi connectivity index (χ0) is 20.0. The van der Waals surface area contributed by atoms with Crippen LogP contribution in [0, 0.1) is 0 Å². The smallest absolute Gasteiger partial charge is 0.336 e. The molecule has 144 valence electrons. The molecule has 0 spiro atoms. The van der Waals surface area contributed by atoms with Crippen molar-refractivity contribution in [2.24, 2.45) is 0 Å². The predicted molar refractivity (Wildman–Crippen MR) is 105 cm³/mol. The van der Waals surface area contributed by atoms with Crippen molar-refractivity contribution in [2.45, 2.75) is 20.3 Å². The van der Waals surface area contributed by atoms with Crippen LogP contribution in [-0.2, 0) is 0 Å². The van der Waals surface area contributed by atoms with Gasteiger partial charge in [0.15, 0.2) is 11.3 Å². The molecule has 0 aliphatic heterocycles. The topological polar surface area (TPSA) is 78.1 Å². The van der Waals surface area contributed by atoms with E-state index in [4.69, 9.17) is 18.6 Å². The molecule has 6 nitrogen and oxygen atoms in total. The Bertz CT molecular complexity index is 949. The molecule has 1 N–H and O–H groups in total. The second-order valence-corrected chi connectivity index (χ2v) is 6.04. The van der Waals surface area contributed by atoms with Crippen LogP contribution in [0.5, 0.6) is 17.2 Å². The maximum absolute atomic E-state index is 11.7. The largest absolute Gasteiger partial charge is 0.508 e. The van der Waals surface area contributed by atoms with Gasteiger partial charge < -0.3 is 23.7 Å². The number of rotatable bonds is 8. The van der Waals surface area contributed by atoms with E-state index in [2.05, 4.69) is 6.58 Å². The second-order valence-electron chi connectivity index (χ2n) is 6.04. The fourth-order valence-electron chi connectivity index (χ4n) is 2.39. The maximum atomic E-state index is 11.7. The summed E-state index contributed by atoms with van der Waals surface area (Å²) in [6.45, 7) is 7.59. The average molecular weight is 372 g/mol. The molecule has 0 saturated heterocycles. The van der Waals surface area contributed by atoms with Gasteiger partial charge in [-0.15, -0.1) is 0 Å². The molecule has 0 fully saturated rings. The number of allylic oxidation sites excluding steroid dienone is 3. The van der Waals surface area contributed by atoms with E-state index < -0.39 is 5.63 Å². The molecule has 6 heteroatoms. The summed E-state index contributed by atoms with van der Waals surface area (Å²) in [7, 11) is 3.03. The number of fused-ring (bicyclic) bond motifs is 1. The molecule has 0 amide bonds. The number of ether oxygens (including phenoxy) is 3. The molecule has 0 radical (unpaired) electrons. The lowest BCUT2D eigenvalue weighted by atomic mass is 10.1. The van der Waals surface area contributed by atoms with Crippen molar-refractivity contribution in [3.8, 4) is 17.2 Å². The molecular weight excluding hydrogens is 348 g/mol. The van der Waals surface area contributed by atoms with Gasteiger partial charge >= 0.3 is 5.63 Å². The minimum Gasteiger partial charge on any atom is -0.508 e. The van der Waals surface area contributed by atoms with Crippen LogP contribution in [0.2, 0.25) is 0 Å². The Hall–Kier alpha value is -3.15. The monoisotopic (exact) mass is 372 g/mol. The summed E-state index contributed by atoms with van der Waals surface area (Å²) in [6.07, 6.45) is 4.13. The van der Waals surface area contributed by atoms with Gasteiger partial charge in [-0.05, 0) is 44.1 Å². The Kier molecular flexibility index (Phi) is 6.71. The number of methoxy groups -OCH3 is 2. The van der Waals surface area contributed by atoms with Gasteiger partial charge in [0.05, 0.1) is 19.6 Å².